The van der Waals surface area contributed by atoms with Gasteiger partial charge in [-0.1, -0.05) is 41.9 Å². The van der Waals surface area contributed by atoms with E-state index in [1.165, 1.54) is 5.56 Å². The molecule has 0 aliphatic carbocycles. The third kappa shape index (κ3) is 4.17. The number of halogens is 1. The van der Waals surface area contributed by atoms with E-state index in [-0.39, 0.29) is 6.04 Å². The molecule has 0 spiro atoms. The Kier molecular flexibility index (Phi) is 5.17. The summed E-state index contributed by atoms with van der Waals surface area (Å²) in [6, 6.07) is 10.4. The average molecular weight is 349 g/mol. The fourth-order valence-corrected chi connectivity index (χ4v) is 2.42. The highest BCUT2D eigenvalue weighted by molar-refractivity contribution is 9.10. The first kappa shape index (κ1) is 15.8. The molecule has 5 heteroatoms. The van der Waals surface area contributed by atoms with Gasteiger partial charge >= 0.3 is 0 Å². The van der Waals surface area contributed by atoms with E-state index in [1.807, 2.05) is 25.2 Å². The molecule has 0 fully saturated rings. The Balaban J connectivity index is 2.24. The van der Waals surface area contributed by atoms with Gasteiger partial charge in [0.05, 0.1) is 0 Å². The fourth-order valence-electron chi connectivity index (χ4n) is 2.01. The molecule has 0 amide bonds. The zero-order valence-electron chi connectivity index (χ0n) is 12.8. The summed E-state index contributed by atoms with van der Waals surface area (Å²) in [5.74, 6) is 2.80. The van der Waals surface area contributed by atoms with Gasteiger partial charge in [-0.15, -0.1) is 0 Å². The molecule has 0 aliphatic heterocycles. The molecule has 1 atom stereocenters. The molecule has 0 radical (unpaired) electrons. The second kappa shape index (κ2) is 6.89. The Morgan fingerprint density at radius 3 is 2.38 bits per heavy atom. The lowest BCUT2D eigenvalue weighted by atomic mass is 10.1. The molecule has 1 aromatic heterocycles. The van der Waals surface area contributed by atoms with Gasteiger partial charge in [-0.05, 0) is 24.6 Å². The molecule has 4 nitrogen and oxygen atoms in total. The largest absolute Gasteiger partial charge is 0.373 e. The third-order valence-corrected chi connectivity index (χ3v) is 3.72. The molecule has 0 saturated carbocycles. The lowest BCUT2D eigenvalue weighted by Crippen LogP contribution is -2.11. The molecule has 0 aliphatic rings. The molecule has 1 unspecified atom stereocenters. The summed E-state index contributed by atoms with van der Waals surface area (Å²) < 4.78 is 1.08. The highest BCUT2D eigenvalue weighted by atomic mass is 79.9. The van der Waals surface area contributed by atoms with Crippen molar-refractivity contribution in [1.82, 2.24) is 9.97 Å². The monoisotopic (exact) mass is 348 g/mol. The number of rotatable bonds is 5. The van der Waals surface area contributed by atoms with Crippen molar-refractivity contribution < 1.29 is 0 Å². The number of hydrogen-bond donors (Lipinski definition) is 2. The van der Waals surface area contributed by atoms with Crippen molar-refractivity contribution in [1.29, 1.82) is 0 Å². The predicted octanol–water partition coefficient (Wildman–Crippen LogP) is 4.58. The van der Waals surface area contributed by atoms with Gasteiger partial charge in [0.25, 0.3) is 0 Å². The van der Waals surface area contributed by atoms with Crippen molar-refractivity contribution in [3.8, 4) is 0 Å². The lowest BCUT2D eigenvalue weighted by molar-refractivity contribution is 0.770. The highest BCUT2D eigenvalue weighted by Gasteiger charge is 2.11. The fraction of sp³-hybridized carbons (Fsp3) is 0.375. The normalized spacial score (nSPS) is 12.3. The van der Waals surface area contributed by atoms with Crippen LogP contribution in [0.3, 0.4) is 0 Å². The van der Waals surface area contributed by atoms with Crippen molar-refractivity contribution in [3.05, 3.63) is 46.2 Å². The first-order valence-corrected chi connectivity index (χ1v) is 7.87. The van der Waals surface area contributed by atoms with Crippen LogP contribution in [-0.2, 0) is 0 Å². The minimum Gasteiger partial charge on any atom is -0.373 e. The molecule has 1 heterocycles. The molecule has 2 N–H and O–H groups in total. The Labute approximate surface area is 134 Å². The van der Waals surface area contributed by atoms with Crippen molar-refractivity contribution in [2.24, 2.45) is 0 Å². The summed E-state index contributed by atoms with van der Waals surface area (Å²) in [6.07, 6.45) is 0. The van der Waals surface area contributed by atoms with E-state index in [2.05, 4.69) is 69.4 Å². The van der Waals surface area contributed by atoms with Gasteiger partial charge in [-0.3, -0.25) is 0 Å². The van der Waals surface area contributed by atoms with E-state index >= 15 is 0 Å². The van der Waals surface area contributed by atoms with Gasteiger partial charge in [-0.2, -0.15) is 0 Å². The van der Waals surface area contributed by atoms with Crippen LogP contribution in [0.25, 0.3) is 0 Å². The lowest BCUT2D eigenvalue weighted by Gasteiger charge is -2.17. The number of hydrogen-bond acceptors (Lipinski definition) is 4. The van der Waals surface area contributed by atoms with Gasteiger partial charge in [-0.25, -0.2) is 9.97 Å². The Hall–Kier alpha value is -1.62. The standard InChI is InChI=1S/C16H21BrN4/c1-10(2)16-20-14(18-4)9-15(21-16)19-11(3)12-6-5-7-13(17)8-12/h5-11H,1-4H3,(H2,18,19,20,21). The maximum absolute atomic E-state index is 4.59. The van der Waals surface area contributed by atoms with Crippen LogP contribution in [0, 0.1) is 0 Å². The third-order valence-electron chi connectivity index (χ3n) is 3.23. The van der Waals surface area contributed by atoms with Gasteiger partial charge in [0, 0.05) is 29.5 Å². The van der Waals surface area contributed by atoms with Gasteiger partial charge in [0.2, 0.25) is 0 Å². The quantitative estimate of drug-likeness (QED) is 0.830. The second-order valence-electron chi connectivity index (χ2n) is 5.32. The Morgan fingerprint density at radius 2 is 1.76 bits per heavy atom. The Morgan fingerprint density at radius 1 is 1.05 bits per heavy atom. The summed E-state index contributed by atoms with van der Waals surface area (Å²) in [6.45, 7) is 6.31. The average Bonchev–Trinajstić information content (AvgIpc) is 2.46. The molecule has 2 rings (SSSR count). The summed E-state index contributed by atoms with van der Waals surface area (Å²) >= 11 is 3.51. The van der Waals surface area contributed by atoms with Crippen LogP contribution in [0.15, 0.2) is 34.8 Å². The van der Waals surface area contributed by atoms with E-state index in [4.69, 9.17) is 0 Å². The zero-order valence-corrected chi connectivity index (χ0v) is 14.4. The summed E-state index contributed by atoms with van der Waals surface area (Å²) in [4.78, 5) is 9.07. The predicted molar refractivity (Wildman–Crippen MR) is 91.8 cm³/mol. The zero-order chi connectivity index (χ0) is 15.4. The van der Waals surface area contributed by atoms with Crippen LogP contribution in [0.4, 0.5) is 11.6 Å². The van der Waals surface area contributed by atoms with Crippen LogP contribution < -0.4 is 10.6 Å². The molecule has 1 aromatic carbocycles. The number of nitrogens with zero attached hydrogens (tertiary/aromatic N) is 2. The SMILES string of the molecule is CNc1cc(NC(C)c2cccc(Br)c2)nc(C(C)C)n1. The van der Waals surface area contributed by atoms with Crippen LogP contribution in [-0.4, -0.2) is 17.0 Å². The van der Waals surface area contributed by atoms with E-state index in [1.54, 1.807) is 0 Å². The second-order valence-corrected chi connectivity index (χ2v) is 6.24. The van der Waals surface area contributed by atoms with E-state index in [9.17, 15) is 0 Å². The molecular formula is C16H21BrN4. The van der Waals surface area contributed by atoms with Crippen molar-refractivity contribution >= 4 is 27.6 Å². The van der Waals surface area contributed by atoms with Crippen LogP contribution in [0.5, 0.6) is 0 Å². The summed E-state index contributed by atoms with van der Waals surface area (Å²) in [5.41, 5.74) is 1.21. The number of nitrogens with one attached hydrogen (secondary N) is 2. The smallest absolute Gasteiger partial charge is 0.135 e. The topological polar surface area (TPSA) is 49.8 Å². The minimum atomic E-state index is 0.169. The van der Waals surface area contributed by atoms with Crippen LogP contribution in [0.2, 0.25) is 0 Å². The van der Waals surface area contributed by atoms with E-state index in [0.29, 0.717) is 5.92 Å². The maximum atomic E-state index is 4.59. The summed E-state index contributed by atoms with van der Waals surface area (Å²) in [5, 5.41) is 6.53. The van der Waals surface area contributed by atoms with Crippen LogP contribution >= 0.6 is 15.9 Å². The first-order valence-electron chi connectivity index (χ1n) is 7.08. The van der Waals surface area contributed by atoms with Crippen LogP contribution in [0.1, 0.15) is 44.1 Å². The highest BCUT2D eigenvalue weighted by Crippen LogP contribution is 2.23. The van der Waals surface area contributed by atoms with Crippen molar-refractivity contribution in [3.63, 3.8) is 0 Å². The van der Waals surface area contributed by atoms with Gasteiger partial charge in [0.15, 0.2) is 0 Å². The first-order chi connectivity index (χ1) is 9.99. The van der Waals surface area contributed by atoms with Crippen molar-refractivity contribution in [2.75, 3.05) is 17.7 Å². The Bertz CT molecular complexity index is 613. The maximum Gasteiger partial charge on any atom is 0.135 e. The van der Waals surface area contributed by atoms with E-state index < -0.39 is 0 Å². The molecule has 0 saturated heterocycles. The number of anilines is 2. The van der Waals surface area contributed by atoms with E-state index in [0.717, 1.165) is 21.9 Å². The van der Waals surface area contributed by atoms with Gasteiger partial charge < -0.3 is 10.6 Å². The minimum absolute atomic E-state index is 0.169. The van der Waals surface area contributed by atoms with Crippen molar-refractivity contribution in [2.45, 2.75) is 32.7 Å². The summed E-state index contributed by atoms with van der Waals surface area (Å²) in [7, 11) is 1.87. The number of benzene rings is 1. The molecule has 0 bridgehead atoms. The molecule has 2 aromatic rings. The van der Waals surface area contributed by atoms with Gasteiger partial charge in [0.1, 0.15) is 17.5 Å². The molecular weight excluding hydrogens is 328 g/mol. The molecule has 112 valence electrons. The molecule has 21 heavy (non-hydrogen) atoms. The number of aromatic nitrogens is 2.